The molecule has 1 aliphatic rings. The molecule has 144 valence electrons. The van der Waals surface area contributed by atoms with Crippen LogP contribution in [0, 0.1) is 0 Å². The third-order valence-corrected chi connectivity index (χ3v) is 6.49. The van der Waals surface area contributed by atoms with E-state index in [1.54, 1.807) is 0 Å². The first-order valence-corrected chi connectivity index (χ1v) is 10.2. The second-order valence-corrected chi connectivity index (χ2v) is 8.90. The Hall–Kier alpha value is -2.62. The molecule has 0 bridgehead atoms. The van der Waals surface area contributed by atoms with Crippen LogP contribution in [0.3, 0.4) is 0 Å². The fourth-order valence-corrected chi connectivity index (χ4v) is 4.11. The maximum atomic E-state index is 6.28. The van der Waals surface area contributed by atoms with Crippen LogP contribution < -0.4 is 5.46 Å². The minimum atomic E-state index is -0.351. The highest BCUT2D eigenvalue weighted by Gasteiger charge is 2.51. The Morgan fingerprint density at radius 1 is 0.621 bits per heavy atom. The van der Waals surface area contributed by atoms with Gasteiger partial charge in [-0.2, -0.15) is 0 Å². The quantitative estimate of drug-likeness (QED) is 0.316. The van der Waals surface area contributed by atoms with Gasteiger partial charge in [-0.25, -0.2) is 0 Å². The molecule has 4 aromatic rings. The summed E-state index contributed by atoms with van der Waals surface area (Å²) >= 11 is 0. The Balaban J connectivity index is 1.70. The van der Waals surface area contributed by atoms with Crippen LogP contribution in [0.25, 0.3) is 32.7 Å². The first-order chi connectivity index (χ1) is 13.9. The minimum absolute atomic E-state index is 0.342. The average Bonchev–Trinajstić information content (AvgIpc) is 2.95. The molecular formula is C26H25BO2. The lowest BCUT2D eigenvalue weighted by Gasteiger charge is -2.32. The van der Waals surface area contributed by atoms with E-state index in [1.807, 2.05) is 0 Å². The second kappa shape index (κ2) is 6.45. The van der Waals surface area contributed by atoms with E-state index in [9.17, 15) is 0 Å². The van der Waals surface area contributed by atoms with Crippen LogP contribution in [0.4, 0.5) is 0 Å². The molecule has 0 N–H and O–H groups in total. The zero-order chi connectivity index (χ0) is 20.2. The van der Waals surface area contributed by atoms with E-state index in [-0.39, 0.29) is 18.3 Å². The summed E-state index contributed by atoms with van der Waals surface area (Å²) in [5, 5.41) is 4.99. The van der Waals surface area contributed by atoms with Crippen molar-refractivity contribution >= 4 is 34.1 Å². The SMILES string of the molecule is CC1(C)OB(c2ccc3c(c2)cc(-c2ccccc2)c2ccccc23)OC1(C)C. The summed E-state index contributed by atoms with van der Waals surface area (Å²) in [6.45, 7) is 8.37. The van der Waals surface area contributed by atoms with Gasteiger partial charge >= 0.3 is 7.12 Å². The summed E-state index contributed by atoms with van der Waals surface area (Å²) in [6, 6.07) is 28.1. The van der Waals surface area contributed by atoms with Gasteiger partial charge < -0.3 is 9.31 Å². The Bertz CT molecular complexity index is 1200. The smallest absolute Gasteiger partial charge is 0.399 e. The van der Waals surface area contributed by atoms with Crippen LogP contribution in [-0.2, 0) is 9.31 Å². The molecule has 1 heterocycles. The van der Waals surface area contributed by atoms with E-state index < -0.39 is 0 Å². The van der Waals surface area contributed by atoms with Crippen molar-refractivity contribution in [2.75, 3.05) is 0 Å². The van der Waals surface area contributed by atoms with Gasteiger partial charge in [0.25, 0.3) is 0 Å². The molecular weight excluding hydrogens is 355 g/mol. The van der Waals surface area contributed by atoms with Crippen LogP contribution in [0.2, 0.25) is 0 Å². The molecule has 3 heteroatoms. The molecule has 0 aliphatic carbocycles. The van der Waals surface area contributed by atoms with Gasteiger partial charge in [0.1, 0.15) is 0 Å². The number of fused-ring (bicyclic) bond motifs is 3. The molecule has 5 rings (SSSR count). The van der Waals surface area contributed by atoms with Gasteiger partial charge in [-0.15, -0.1) is 0 Å². The number of rotatable bonds is 2. The Morgan fingerprint density at radius 3 is 1.93 bits per heavy atom. The fourth-order valence-electron chi connectivity index (χ4n) is 4.11. The molecule has 4 aromatic carbocycles. The lowest BCUT2D eigenvalue weighted by molar-refractivity contribution is 0.00578. The molecule has 0 radical (unpaired) electrons. The third-order valence-electron chi connectivity index (χ3n) is 6.49. The Kier molecular flexibility index (Phi) is 4.09. The van der Waals surface area contributed by atoms with Crippen molar-refractivity contribution in [3.05, 3.63) is 78.9 Å². The van der Waals surface area contributed by atoms with Gasteiger partial charge in [-0.3, -0.25) is 0 Å². The van der Waals surface area contributed by atoms with Gasteiger partial charge in [0, 0.05) is 0 Å². The molecule has 0 saturated carbocycles. The number of hydrogen-bond acceptors (Lipinski definition) is 2. The largest absolute Gasteiger partial charge is 0.494 e. The maximum absolute atomic E-state index is 6.28. The standard InChI is InChI=1S/C26H25BO2/c1-25(2)26(3,4)29-27(28-25)20-14-15-21-19(16-20)17-24(18-10-6-5-7-11-18)23-13-9-8-12-22(21)23/h5-17H,1-4H3. The van der Waals surface area contributed by atoms with Crippen molar-refractivity contribution in [2.45, 2.75) is 38.9 Å². The second-order valence-electron chi connectivity index (χ2n) is 8.90. The predicted octanol–water partition coefficient (Wildman–Crippen LogP) is 5.96. The first kappa shape index (κ1) is 18.4. The van der Waals surface area contributed by atoms with Gasteiger partial charge in [0.2, 0.25) is 0 Å². The molecule has 0 aromatic heterocycles. The predicted molar refractivity (Wildman–Crippen MR) is 123 cm³/mol. The lowest BCUT2D eigenvalue weighted by atomic mass is 9.77. The van der Waals surface area contributed by atoms with Gasteiger partial charge in [0.05, 0.1) is 11.2 Å². The summed E-state index contributed by atoms with van der Waals surface area (Å²) < 4.78 is 12.6. The number of hydrogen-bond donors (Lipinski definition) is 0. The van der Waals surface area contributed by atoms with E-state index >= 15 is 0 Å². The molecule has 1 saturated heterocycles. The van der Waals surface area contributed by atoms with Crippen molar-refractivity contribution in [3.8, 4) is 11.1 Å². The summed E-state index contributed by atoms with van der Waals surface area (Å²) in [5.41, 5.74) is 2.85. The highest BCUT2D eigenvalue weighted by atomic mass is 16.7. The summed E-state index contributed by atoms with van der Waals surface area (Å²) in [4.78, 5) is 0. The summed E-state index contributed by atoms with van der Waals surface area (Å²) in [5.74, 6) is 0. The van der Waals surface area contributed by atoms with E-state index in [1.165, 1.54) is 32.7 Å². The first-order valence-electron chi connectivity index (χ1n) is 10.2. The zero-order valence-electron chi connectivity index (χ0n) is 17.4. The fraction of sp³-hybridized carbons (Fsp3) is 0.231. The van der Waals surface area contributed by atoms with Gasteiger partial charge in [-0.05, 0) is 71.9 Å². The van der Waals surface area contributed by atoms with E-state index in [0.717, 1.165) is 5.46 Å². The third kappa shape index (κ3) is 2.97. The Labute approximate surface area is 172 Å². The molecule has 1 fully saturated rings. The minimum Gasteiger partial charge on any atom is -0.399 e. The van der Waals surface area contributed by atoms with Crippen LogP contribution >= 0.6 is 0 Å². The van der Waals surface area contributed by atoms with Crippen molar-refractivity contribution in [1.29, 1.82) is 0 Å². The lowest BCUT2D eigenvalue weighted by Crippen LogP contribution is -2.41. The maximum Gasteiger partial charge on any atom is 0.494 e. The number of benzene rings is 4. The van der Waals surface area contributed by atoms with Crippen LogP contribution in [0.1, 0.15) is 27.7 Å². The van der Waals surface area contributed by atoms with Crippen LogP contribution in [0.15, 0.2) is 78.9 Å². The molecule has 0 unspecified atom stereocenters. The monoisotopic (exact) mass is 380 g/mol. The molecule has 0 atom stereocenters. The Morgan fingerprint density at radius 2 is 1.24 bits per heavy atom. The molecule has 0 amide bonds. The van der Waals surface area contributed by atoms with Crippen molar-refractivity contribution < 1.29 is 9.31 Å². The van der Waals surface area contributed by atoms with Crippen molar-refractivity contribution in [2.24, 2.45) is 0 Å². The zero-order valence-corrected chi connectivity index (χ0v) is 17.4. The van der Waals surface area contributed by atoms with Gasteiger partial charge in [0.15, 0.2) is 0 Å². The van der Waals surface area contributed by atoms with E-state index in [4.69, 9.17) is 9.31 Å². The van der Waals surface area contributed by atoms with Crippen LogP contribution in [0.5, 0.6) is 0 Å². The topological polar surface area (TPSA) is 18.5 Å². The van der Waals surface area contributed by atoms with E-state index in [2.05, 4.69) is 107 Å². The highest BCUT2D eigenvalue weighted by Crippen LogP contribution is 2.38. The summed E-state index contributed by atoms with van der Waals surface area (Å²) in [7, 11) is -0.351. The highest BCUT2D eigenvalue weighted by molar-refractivity contribution is 6.62. The van der Waals surface area contributed by atoms with E-state index in [0.29, 0.717) is 0 Å². The molecule has 2 nitrogen and oxygen atoms in total. The van der Waals surface area contributed by atoms with Gasteiger partial charge in [-0.1, -0.05) is 72.8 Å². The molecule has 1 aliphatic heterocycles. The average molecular weight is 380 g/mol. The normalized spacial score (nSPS) is 17.9. The van der Waals surface area contributed by atoms with Crippen molar-refractivity contribution in [3.63, 3.8) is 0 Å². The molecule has 29 heavy (non-hydrogen) atoms. The summed E-state index contributed by atoms with van der Waals surface area (Å²) in [6.07, 6.45) is 0. The molecule has 0 spiro atoms. The van der Waals surface area contributed by atoms with Crippen LogP contribution in [-0.4, -0.2) is 18.3 Å². The van der Waals surface area contributed by atoms with Crippen molar-refractivity contribution in [1.82, 2.24) is 0 Å².